The van der Waals surface area contributed by atoms with Gasteiger partial charge in [0.05, 0.1) is 6.10 Å². The molecule has 1 rings (SSSR count). The predicted octanol–water partition coefficient (Wildman–Crippen LogP) is 2.11. The Kier molecular flexibility index (Phi) is 5.25. The SMILES string of the molecule is CC(C)OC(=O)N1CCC(CCC(=O)O)CC1. The number of carboxylic acid groups (broad SMARTS) is 1. The van der Waals surface area contributed by atoms with Crippen molar-refractivity contribution in [2.75, 3.05) is 13.1 Å². The van der Waals surface area contributed by atoms with E-state index in [1.54, 1.807) is 4.90 Å². The second-order valence-electron chi connectivity index (χ2n) is 4.80. The zero-order valence-electron chi connectivity index (χ0n) is 10.5. The summed E-state index contributed by atoms with van der Waals surface area (Å²) in [7, 11) is 0. The van der Waals surface area contributed by atoms with Gasteiger partial charge in [-0.05, 0) is 39.0 Å². The van der Waals surface area contributed by atoms with Crippen LogP contribution in [0.1, 0.15) is 39.5 Å². The summed E-state index contributed by atoms with van der Waals surface area (Å²) in [5.74, 6) is -0.319. The number of nitrogens with zero attached hydrogens (tertiary/aromatic N) is 1. The van der Waals surface area contributed by atoms with Gasteiger partial charge in [-0.25, -0.2) is 4.79 Å². The first-order valence-corrected chi connectivity index (χ1v) is 6.16. The van der Waals surface area contributed by atoms with Crippen LogP contribution in [-0.4, -0.2) is 41.3 Å². The number of amides is 1. The minimum absolute atomic E-state index is 0.0905. The van der Waals surface area contributed by atoms with Gasteiger partial charge in [0.15, 0.2) is 0 Å². The molecule has 0 aromatic heterocycles. The normalized spacial score (nSPS) is 17.2. The maximum atomic E-state index is 11.6. The van der Waals surface area contributed by atoms with Crippen LogP contribution in [0.4, 0.5) is 4.79 Å². The Labute approximate surface area is 102 Å². The summed E-state index contributed by atoms with van der Waals surface area (Å²) in [5, 5.41) is 8.60. The molecule has 1 N–H and O–H groups in total. The van der Waals surface area contributed by atoms with Gasteiger partial charge in [-0.3, -0.25) is 4.79 Å². The van der Waals surface area contributed by atoms with E-state index >= 15 is 0 Å². The van der Waals surface area contributed by atoms with Crippen LogP contribution in [0.15, 0.2) is 0 Å². The van der Waals surface area contributed by atoms with Gasteiger partial charge in [0.1, 0.15) is 0 Å². The topological polar surface area (TPSA) is 66.8 Å². The summed E-state index contributed by atoms with van der Waals surface area (Å²) >= 11 is 0. The molecule has 1 heterocycles. The summed E-state index contributed by atoms with van der Waals surface area (Å²) in [6.45, 7) is 5.01. The lowest BCUT2D eigenvalue weighted by molar-refractivity contribution is -0.137. The highest BCUT2D eigenvalue weighted by Crippen LogP contribution is 2.22. The zero-order valence-corrected chi connectivity index (χ0v) is 10.5. The molecule has 1 amide bonds. The number of ether oxygens (including phenoxy) is 1. The van der Waals surface area contributed by atoms with Crippen LogP contribution in [0.2, 0.25) is 0 Å². The van der Waals surface area contributed by atoms with Crippen molar-refractivity contribution in [1.82, 2.24) is 4.90 Å². The van der Waals surface area contributed by atoms with E-state index < -0.39 is 5.97 Å². The Morgan fingerprint density at radius 3 is 2.41 bits per heavy atom. The molecule has 1 fully saturated rings. The van der Waals surface area contributed by atoms with Gasteiger partial charge in [-0.15, -0.1) is 0 Å². The standard InChI is InChI=1S/C12H21NO4/c1-9(2)17-12(16)13-7-5-10(6-8-13)3-4-11(14)15/h9-10H,3-8H2,1-2H3,(H,14,15). The Morgan fingerprint density at radius 1 is 1.35 bits per heavy atom. The molecule has 0 aromatic carbocycles. The molecular formula is C12H21NO4. The fraction of sp³-hybridized carbons (Fsp3) is 0.833. The number of carbonyl (C=O) groups is 2. The van der Waals surface area contributed by atoms with E-state index in [1.165, 1.54) is 0 Å². The number of likely N-dealkylation sites (tertiary alicyclic amines) is 1. The van der Waals surface area contributed by atoms with Crippen molar-refractivity contribution in [3.05, 3.63) is 0 Å². The summed E-state index contributed by atoms with van der Waals surface area (Å²) in [4.78, 5) is 23.7. The lowest BCUT2D eigenvalue weighted by atomic mass is 9.92. The van der Waals surface area contributed by atoms with E-state index in [0.717, 1.165) is 12.8 Å². The smallest absolute Gasteiger partial charge is 0.410 e. The summed E-state index contributed by atoms with van der Waals surface area (Å²) in [6, 6.07) is 0. The molecule has 1 aliphatic heterocycles. The van der Waals surface area contributed by atoms with E-state index in [0.29, 0.717) is 25.4 Å². The Morgan fingerprint density at radius 2 is 1.94 bits per heavy atom. The van der Waals surface area contributed by atoms with Gasteiger partial charge < -0.3 is 14.7 Å². The quantitative estimate of drug-likeness (QED) is 0.821. The Hall–Kier alpha value is -1.26. The first-order chi connectivity index (χ1) is 7.99. The van der Waals surface area contributed by atoms with Gasteiger partial charge in [-0.1, -0.05) is 0 Å². The molecule has 0 bridgehead atoms. The minimum atomic E-state index is -0.744. The number of carbonyl (C=O) groups excluding carboxylic acids is 1. The van der Waals surface area contributed by atoms with Crippen molar-refractivity contribution in [3.8, 4) is 0 Å². The van der Waals surface area contributed by atoms with E-state index in [-0.39, 0.29) is 18.6 Å². The highest BCUT2D eigenvalue weighted by Gasteiger charge is 2.24. The number of hydrogen-bond acceptors (Lipinski definition) is 3. The third-order valence-corrected chi connectivity index (χ3v) is 2.98. The van der Waals surface area contributed by atoms with Crippen molar-refractivity contribution < 1.29 is 19.4 Å². The number of rotatable bonds is 4. The second kappa shape index (κ2) is 6.47. The molecule has 17 heavy (non-hydrogen) atoms. The van der Waals surface area contributed by atoms with Crippen molar-refractivity contribution in [2.24, 2.45) is 5.92 Å². The molecule has 0 aromatic rings. The highest BCUT2D eigenvalue weighted by atomic mass is 16.6. The van der Waals surface area contributed by atoms with E-state index in [2.05, 4.69) is 0 Å². The second-order valence-corrected chi connectivity index (χ2v) is 4.80. The van der Waals surface area contributed by atoms with Gasteiger partial charge in [0.2, 0.25) is 0 Å². The van der Waals surface area contributed by atoms with Crippen molar-refractivity contribution in [2.45, 2.75) is 45.6 Å². The first kappa shape index (κ1) is 13.8. The fourth-order valence-corrected chi connectivity index (χ4v) is 2.01. The van der Waals surface area contributed by atoms with Crippen LogP contribution in [0.3, 0.4) is 0 Å². The van der Waals surface area contributed by atoms with Crippen molar-refractivity contribution >= 4 is 12.1 Å². The summed E-state index contributed by atoms with van der Waals surface area (Å²) < 4.78 is 5.12. The Balaban J connectivity index is 2.25. The molecule has 0 aliphatic carbocycles. The number of hydrogen-bond donors (Lipinski definition) is 1. The van der Waals surface area contributed by atoms with Crippen molar-refractivity contribution in [1.29, 1.82) is 0 Å². The van der Waals surface area contributed by atoms with Gasteiger partial charge in [-0.2, -0.15) is 0 Å². The maximum absolute atomic E-state index is 11.6. The summed E-state index contributed by atoms with van der Waals surface area (Å²) in [6.07, 6.45) is 2.34. The van der Waals surface area contributed by atoms with Crippen molar-refractivity contribution in [3.63, 3.8) is 0 Å². The molecule has 0 atom stereocenters. The number of carboxylic acids is 1. The average molecular weight is 243 g/mol. The average Bonchev–Trinajstić information content (AvgIpc) is 2.26. The monoisotopic (exact) mass is 243 g/mol. The molecule has 1 saturated heterocycles. The molecule has 1 aliphatic rings. The zero-order chi connectivity index (χ0) is 12.8. The largest absolute Gasteiger partial charge is 0.481 e. The lowest BCUT2D eigenvalue weighted by Gasteiger charge is -2.31. The first-order valence-electron chi connectivity index (χ1n) is 6.16. The van der Waals surface area contributed by atoms with E-state index in [9.17, 15) is 9.59 Å². The van der Waals surface area contributed by atoms with E-state index in [4.69, 9.17) is 9.84 Å². The molecule has 0 spiro atoms. The Bertz CT molecular complexity index is 270. The van der Waals surface area contributed by atoms with Crippen LogP contribution in [0, 0.1) is 5.92 Å². The molecule has 5 nitrogen and oxygen atoms in total. The number of piperidine rings is 1. The summed E-state index contributed by atoms with van der Waals surface area (Å²) in [5.41, 5.74) is 0. The predicted molar refractivity (Wildman–Crippen MR) is 62.8 cm³/mol. The van der Waals surface area contributed by atoms with Crippen LogP contribution in [-0.2, 0) is 9.53 Å². The van der Waals surface area contributed by atoms with Crippen LogP contribution >= 0.6 is 0 Å². The fourth-order valence-electron chi connectivity index (χ4n) is 2.01. The number of aliphatic carboxylic acids is 1. The molecule has 0 saturated carbocycles. The molecule has 98 valence electrons. The molecule has 0 radical (unpaired) electrons. The molecule has 5 heteroatoms. The van der Waals surface area contributed by atoms with E-state index in [1.807, 2.05) is 13.8 Å². The molecular weight excluding hydrogens is 222 g/mol. The minimum Gasteiger partial charge on any atom is -0.481 e. The van der Waals surface area contributed by atoms with Crippen LogP contribution in [0.5, 0.6) is 0 Å². The van der Waals surface area contributed by atoms with Crippen LogP contribution < -0.4 is 0 Å². The van der Waals surface area contributed by atoms with Gasteiger partial charge in [0.25, 0.3) is 0 Å². The lowest BCUT2D eigenvalue weighted by Crippen LogP contribution is -2.39. The third-order valence-electron chi connectivity index (χ3n) is 2.98. The van der Waals surface area contributed by atoms with Crippen LogP contribution in [0.25, 0.3) is 0 Å². The third kappa shape index (κ3) is 5.06. The highest BCUT2D eigenvalue weighted by molar-refractivity contribution is 5.68. The maximum Gasteiger partial charge on any atom is 0.410 e. The van der Waals surface area contributed by atoms with Gasteiger partial charge in [0, 0.05) is 19.5 Å². The van der Waals surface area contributed by atoms with Gasteiger partial charge >= 0.3 is 12.1 Å². The molecule has 0 unspecified atom stereocenters.